The van der Waals surface area contributed by atoms with Gasteiger partial charge < -0.3 is 5.32 Å². The monoisotopic (exact) mass is 161 g/mol. The Morgan fingerprint density at radius 2 is 1.92 bits per heavy atom. The molecule has 12 heavy (non-hydrogen) atoms. The molecular formula is C9H9N2O. The molecule has 0 saturated carbocycles. The first kappa shape index (κ1) is 7.31. The summed E-state index contributed by atoms with van der Waals surface area (Å²) in [5.41, 5.74) is 1.02. The fourth-order valence-corrected chi connectivity index (χ4v) is 1.18. The van der Waals surface area contributed by atoms with Gasteiger partial charge in [-0.25, -0.2) is 0 Å². The van der Waals surface area contributed by atoms with Crippen molar-refractivity contribution >= 4 is 5.91 Å². The normalized spacial score (nSPS) is 17.8. The van der Waals surface area contributed by atoms with Gasteiger partial charge in [0.15, 0.2) is 6.17 Å². The summed E-state index contributed by atoms with van der Waals surface area (Å²) in [6.45, 7) is 0.379. The Kier molecular flexibility index (Phi) is 1.80. The van der Waals surface area contributed by atoms with Gasteiger partial charge in [0.25, 0.3) is 0 Å². The summed E-state index contributed by atoms with van der Waals surface area (Å²) in [6, 6.07) is 9.73. The maximum atomic E-state index is 10.8. The Balaban J connectivity index is 2.16. The molecule has 1 aromatic carbocycles. The number of nitrogens with one attached hydrogen (secondary N) is 2. The van der Waals surface area contributed by atoms with Gasteiger partial charge in [0.2, 0.25) is 5.91 Å². The van der Waals surface area contributed by atoms with Crippen molar-refractivity contribution in [1.82, 2.24) is 10.6 Å². The molecule has 1 aromatic rings. The summed E-state index contributed by atoms with van der Waals surface area (Å²) in [7, 11) is 0. The number of carbonyl (C=O) groups excluding carboxylic acids is 1. The molecule has 0 aliphatic carbocycles. The standard InChI is InChI=1S/C9H9N2O/c12-8-6-10-9(11-8)7-4-2-1-3-5-7/h1-5,10H,6H2,(H,11,12). The van der Waals surface area contributed by atoms with Crippen LogP contribution in [0.3, 0.4) is 0 Å². The second-order valence-corrected chi connectivity index (χ2v) is 2.64. The molecule has 1 fully saturated rings. The third-order valence-corrected chi connectivity index (χ3v) is 1.75. The molecule has 0 unspecified atom stereocenters. The van der Waals surface area contributed by atoms with Crippen molar-refractivity contribution < 1.29 is 4.79 Å². The summed E-state index contributed by atoms with van der Waals surface area (Å²) in [5.74, 6) is 0.0221. The minimum atomic E-state index is 0.0221. The first-order valence-electron chi connectivity index (χ1n) is 3.82. The molecule has 0 bridgehead atoms. The topological polar surface area (TPSA) is 41.1 Å². The van der Waals surface area contributed by atoms with E-state index in [4.69, 9.17) is 0 Å². The van der Waals surface area contributed by atoms with Gasteiger partial charge in [0.1, 0.15) is 0 Å². The van der Waals surface area contributed by atoms with Crippen molar-refractivity contribution in [2.45, 2.75) is 0 Å². The van der Waals surface area contributed by atoms with Gasteiger partial charge in [-0.05, 0) is 5.56 Å². The highest BCUT2D eigenvalue weighted by molar-refractivity contribution is 5.82. The molecule has 1 amide bonds. The first-order valence-corrected chi connectivity index (χ1v) is 3.82. The lowest BCUT2D eigenvalue weighted by Crippen LogP contribution is -2.23. The first-order chi connectivity index (χ1) is 5.86. The fraction of sp³-hybridized carbons (Fsp3) is 0.111. The molecule has 0 aromatic heterocycles. The third kappa shape index (κ3) is 1.31. The zero-order valence-electron chi connectivity index (χ0n) is 6.50. The van der Waals surface area contributed by atoms with E-state index in [1.165, 1.54) is 0 Å². The van der Waals surface area contributed by atoms with Gasteiger partial charge in [-0.3, -0.25) is 10.1 Å². The Hall–Kier alpha value is -1.35. The zero-order valence-corrected chi connectivity index (χ0v) is 6.50. The maximum Gasteiger partial charge on any atom is 0.235 e. The van der Waals surface area contributed by atoms with E-state index in [2.05, 4.69) is 10.6 Å². The van der Waals surface area contributed by atoms with Crippen LogP contribution in [0.15, 0.2) is 30.3 Å². The van der Waals surface area contributed by atoms with Crippen molar-refractivity contribution in [3.05, 3.63) is 42.1 Å². The van der Waals surface area contributed by atoms with E-state index in [1.807, 2.05) is 30.3 Å². The van der Waals surface area contributed by atoms with Crippen molar-refractivity contribution in [2.24, 2.45) is 0 Å². The third-order valence-electron chi connectivity index (χ3n) is 1.75. The van der Waals surface area contributed by atoms with E-state index in [0.29, 0.717) is 6.54 Å². The largest absolute Gasteiger partial charge is 0.329 e. The summed E-state index contributed by atoms with van der Waals surface area (Å²) in [6.07, 6.45) is 0.806. The maximum absolute atomic E-state index is 10.8. The van der Waals surface area contributed by atoms with Crippen molar-refractivity contribution in [1.29, 1.82) is 0 Å². The minimum Gasteiger partial charge on any atom is -0.329 e. The van der Waals surface area contributed by atoms with Gasteiger partial charge in [-0.2, -0.15) is 0 Å². The lowest BCUT2D eigenvalue weighted by atomic mass is 10.2. The van der Waals surface area contributed by atoms with Crippen LogP contribution in [0.1, 0.15) is 5.56 Å². The van der Waals surface area contributed by atoms with Gasteiger partial charge >= 0.3 is 0 Å². The number of amides is 1. The van der Waals surface area contributed by atoms with Crippen LogP contribution in [0.2, 0.25) is 0 Å². The van der Waals surface area contributed by atoms with Gasteiger partial charge in [-0.15, -0.1) is 0 Å². The van der Waals surface area contributed by atoms with Crippen LogP contribution in [-0.2, 0) is 4.79 Å². The highest BCUT2D eigenvalue weighted by Gasteiger charge is 2.21. The molecule has 2 N–H and O–H groups in total. The van der Waals surface area contributed by atoms with E-state index in [-0.39, 0.29) is 5.91 Å². The molecule has 1 aliphatic heterocycles. The Morgan fingerprint density at radius 1 is 1.17 bits per heavy atom. The van der Waals surface area contributed by atoms with Crippen LogP contribution in [0.5, 0.6) is 0 Å². The van der Waals surface area contributed by atoms with Crippen molar-refractivity contribution in [3.63, 3.8) is 0 Å². The minimum absolute atomic E-state index is 0.0221. The molecule has 1 heterocycles. The molecule has 0 spiro atoms. The Bertz CT molecular complexity index is 284. The van der Waals surface area contributed by atoms with Crippen LogP contribution in [0.4, 0.5) is 0 Å². The average Bonchev–Trinajstić information content (AvgIpc) is 2.54. The van der Waals surface area contributed by atoms with Crippen molar-refractivity contribution in [2.75, 3.05) is 6.54 Å². The average molecular weight is 161 g/mol. The summed E-state index contributed by atoms with van der Waals surface area (Å²) >= 11 is 0. The number of rotatable bonds is 1. The van der Waals surface area contributed by atoms with E-state index in [1.54, 1.807) is 0 Å². The lowest BCUT2D eigenvalue weighted by Gasteiger charge is -2.07. The summed E-state index contributed by atoms with van der Waals surface area (Å²) in [5, 5.41) is 5.72. The molecule has 3 heteroatoms. The SMILES string of the molecule is O=C1CN[C](c2ccccc2)N1. The fourth-order valence-electron chi connectivity index (χ4n) is 1.18. The van der Waals surface area contributed by atoms with Crippen molar-refractivity contribution in [3.8, 4) is 0 Å². The van der Waals surface area contributed by atoms with Gasteiger partial charge in [0.05, 0.1) is 6.54 Å². The van der Waals surface area contributed by atoms with Crippen LogP contribution >= 0.6 is 0 Å². The quantitative estimate of drug-likeness (QED) is 0.619. The molecular weight excluding hydrogens is 152 g/mol. The van der Waals surface area contributed by atoms with E-state index >= 15 is 0 Å². The highest BCUT2D eigenvalue weighted by Crippen LogP contribution is 2.10. The Labute approximate surface area is 70.8 Å². The van der Waals surface area contributed by atoms with E-state index in [9.17, 15) is 4.79 Å². The molecule has 1 aliphatic rings. The van der Waals surface area contributed by atoms with Crippen LogP contribution in [0, 0.1) is 6.17 Å². The second kappa shape index (κ2) is 2.95. The molecule has 3 nitrogen and oxygen atoms in total. The van der Waals surface area contributed by atoms with Gasteiger partial charge in [-0.1, -0.05) is 30.3 Å². The molecule has 1 radical (unpaired) electrons. The van der Waals surface area contributed by atoms with E-state index < -0.39 is 0 Å². The zero-order chi connectivity index (χ0) is 8.39. The summed E-state index contributed by atoms with van der Waals surface area (Å²) < 4.78 is 0. The second-order valence-electron chi connectivity index (χ2n) is 2.64. The van der Waals surface area contributed by atoms with Gasteiger partial charge in [0, 0.05) is 0 Å². The summed E-state index contributed by atoms with van der Waals surface area (Å²) in [4.78, 5) is 10.8. The predicted molar refractivity (Wildman–Crippen MR) is 44.9 cm³/mol. The number of benzene rings is 1. The lowest BCUT2D eigenvalue weighted by molar-refractivity contribution is -0.118. The van der Waals surface area contributed by atoms with Crippen LogP contribution in [0.25, 0.3) is 0 Å². The number of hydrogen-bond acceptors (Lipinski definition) is 2. The highest BCUT2D eigenvalue weighted by atomic mass is 16.2. The number of hydrogen-bond donors (Lipinski definition) is 2. The molecule has 0 atom stereocenters. The molecule has 2 rings (SSSR count). The molecule has 61 valence electrons. The smallest absolute Gasteiger partial charge is 0.235 e. The number of carbonyl (C=O) groups is 1. The van der Waals surface area contributed by atoms with E-state index in [0.717, 1.165) is 11.7 Å². The van der Waals surface area contributed by atoms with Crippen LogP contribution in [-0.4, -0.2) is 12.5 Å². The molecule has 1 saturated heterocycles. The van der Waals surface area contributed by atoms with Crippen LogP contribution < -0.4 is 10.6 Å². The predicted octanol–water partition coefficient (Wildman–Crippen LogP) is 0.244. The Morgan fingerprint density at radius 3 is 2.50 bits per heavy atom.